The minimum Gasteiger partial charge on any atom is -0.326 e. The van der Waals surface area contributed by atoms with Gasteiger partial charge in [-0.3, -0.25) is 4.79 Å². The number of carbonyl (C=O) groups is 1. The van der Waals surface area contributed by atoms with Crippen molar-refractivity contribution < 1.29 is 4.79 Å². The molecule has 0 saturated heterocycles. The summed E-state index contributed by atoms with van der Waals surface area (Å²) in [7, 11) is 0. The summed E-state index contributed by atoms with van der Waals surface area (Å²) in [6.07, 6.45) is 10.3. The zero-order chi connectivity index (χ0) is 19.9. The zero-order valence-corrected chi connectivity index (χ0v) is 18.3. The number of fused-ring (bicyclic) bond motifs is 3. The van der Waals surface area contributed by atoms with E-state index in [-0.39, 0.29) is 11.3 Å². The molecule has 3 fully saturated rings. The molecule has 3 aliphatic carbocycles. The molecule has 0 bridgehead atoms. The van der Waals surface area contributed by atoms with Crippen molar-refractivity contribution in [3.8, 4) is 0 Å². The van der Waals surface area contributed by atoms with Crippen LogP contribution in [0, 0.1) is 40.4 Å². The first kappa shape index (κ1) is 20.0. The molecule has 28 heavy (non-hydrogen) atoms. The lowest BCUT2D eigenvalue weighted by Crippen LogP contribution is -2.57. The van der Waals surface area contributed by atoms with Gasteiger partial charge >= 0.3 is 0 Å². The van der Waals surface area contributed by atoms with Crippen molar-refractivity contribution in [1.82, 2.24) is 0 Å². The van der Waals surface area contributed by atoms with Crippen LogP contribution in [-0.4, -0.2) is 5.91 Å². The van der Waals surface area contributed by atoms with Gasteiger partial charge in [0.1, 0.15) is 0 Å². The fraction of sp³-hybridized carbons (Fsp3) is 0.731. The molecular formula is C26H39NO. The Morgan fingerprint density at radius 2 is 1.79 bits per heavy atom. The number of carbonyl (C=O) groups excluding carboxylic acids is 1. The fourth-order valence-corrected chi connectivity index (χ4v) is 7.55. The molecule has 0 aromatic heterocycles. The molecule has 0 aliphatic heterocycles. The van der Waals surface area contributed by atoms with Crippen molar-refractivity contribution in [1.29, 1.82) is 0 Å². The van der Waals surface area contributed by atoms with Crippen LogP contribution in [0.1, 0.15) is 79.1 Å². The number of para-hydroxylation sites is 1. The van der Waals surface area contributed by atoms with Gasteiger partial charge in [0.15, 0.2) is 0 Å². The summed E-state index contributed by atoms with van der Waals surface area (Å²) in [5, 5.41) is 3.26. The molecular weight excluding hydrogens is 342 g/mol. The van der Waals surface area contributed by atoms with Gasteiger partial charge in [-0.2, -0.15) is 0 Å². The van der Waals surface area contributed by atoms with E-state index in [1.807, 2.05) is 30.3 Å². The highest BCUT2D eigenvalue weighted by atomic mass is 16.2. The third-order valence-corrected chi connectivity index (χ3v) is 9.17. The Labute approximate surface area is 171 Å². The molecule has 3 saturated carbocycles. The minimum atomic E-state index is -0.233. The predicted octanol–water partition coefficient (Wildman–Crippen LogP) is 6.92. The maximum Gasteiger partial charge on any atom is 0.230 e. The van der Waals surface area contributed by atoms with Crippen molar-refractivity contribution in [2.45, 2.75) is 79.1 Å². The molecule has 4 rings (SSSR count). The van der Waals surface area contributed by atoms with Crippen LogP contribution in [0.5, 0.6) is 0 Å². The molecule has 3 aliphatic rings. The van der Waals surface area contributed by atoms with Crippen molar-refractivity contribution in [2.24, 2.45) is 40.4 Å². The Bertz CT molecular complexity index is 698. The van der Waals surface area contributed by atoms with Gasteiger partial charge in [-0.1, -0.05) is 52.3 Å². The highest BCUT2D eigenvalue weighted by Crippen LogP contribution is 2.64. The van der Waals surface area contributed by atoms with Gasteiger partial charge in [0, 0.05) is 5.69 Å². The molecule has 1 amide bonds. The quantitative estimate of drug-likeness (QED) is 0.605. The number of anilines is 1. The first-order valence-electron chi connectivity index (χ1n) is 11.7. The van der Waals surface area contributed by atoms with Gasteiger partial charge in [0.2, 0.25) is 5.91 Å². The van der Waals surface area contributed by atoms with Crippen molar-refractivity contribution in [3.05, 3.63) is 30.3 Å². The largest absolute Gasteiger partial charge is 0.326 e. The average molecular weight is 382 g/mol. The molecule has 1 aromatic rings. The van der Waals surface area contributed by atoms with Gasteiger partial charge in [0.05, 0.1) is 5.41 Å². The first-order valence-corrected chi connectivity index (χ1v) is 11.7. The second kappa shape index (κ2) is 7.50. The minimum absolute atomic E-state index is 0.233. The molecule has 6 atom stereocenters. The standard InChI is InChI=1S/C26H39NO/c1-18(2)19-11-13-22-20(17-19)12-14-23-25(22,3)15-8-16-26(23,4)24(28)27-21-9-6-5-7-10-21/h5-7,9-10,18-20,22-23H,8,11-17H2,1-4H3,(H,27,28)/t19?,20?,22-,23?,25+,26+/m0/s1. The van der Waals surface area contributed by atoms with E-state index < -0.39 is 0 Å². The highest BCUT2D eigenvalue weighted by Gasteiger charge is 2.59. The maximum absolute atomic E-state index is 13.5. The SMILES string of the molecule is CC(C)C1CC[C@H]2C(CCC3[C@](C)(C(=O)Nc4ccccc4)CCC[C@@]32C)C1. The van der Waals surface area contributed by atoms with Crippen LogP contribution in [0.2, 0.25) is 0 Å². The maximum atomic E-state index is 13.5. The number of hydrogen-bond acceptors (Lipinski definition) is 1. The lowest BCUT2D eigenvalue weighted by molar-refractivity contribution is -0.152. The van der Waals surface area contributed by atoms with Gasteiger partial charge in [0.25, 0.3) is 0 Å². The van der Waals surface area contributed by atoms with E-state index in [1.54, 1.807) is 0 Å². The van der Waals surface area contributed by atoms with Crippen molar-refractivity contribution in [2.75, 3.05) is 5.32 Å². The summed E-state index contributed by atoms with van der Waals surface area (Å²) in [4.78, 5) is 13.5. The normalized spacial score (nSPS) is 40.5. The van der Waals surface area contributed by atoms with Crippen molar-refractivity contribution in [3.63, 3.8) is 0 Å². The molecule has 0 spiro atoms. The fourth-order valence-electron chi connectivity index (χ4n) is 7.55. The predicted molar refractivity (Wildman–Crippen MR) is 117 cm³/mol. The van der Waals surface area contributed by atoms with E-state index in [1.165, 1.54) is 44.9 Å². The summed E-state index contributed by atoms with van der Waals surface area (Å²) in [6, 6.07) is 10.0. The lowest BCUT2D eigenvalue weighted by atomic mass is 9.43. The molecule has 2 nitrogen and oxygen atoms in total. The third-order valence-electron chi connectivity index (χ3n) is 9.17. The topological polar surface area (TPSA) is 29.1 Å². The van der Waals surface area contributed by atoms with Crippen LogP contribution in [0.3, 0.4) is 0 Å². The van der Waals surface area contributed by atoms with E-state index in [0.717, 1.165) is 35.8 Å². The number of rotatable bonds is 3. The summed E-state index contributed by atoms with van der Waals surface area (Å²) < 4.78 is 0. The first-order chi connectivity index (χ1) is 13.3. The van der Waals surface area contributed by atoms with Crippen LogP contribution in [0.4, 0.5) is 5.69 Å². The number of nitrogens with one attached hydrogen (secondary N) is 1. The van der Waals surface area contributed by atoms with Crippen LogP contribution in [0.25, 0.3) is 0 Å². The van der Waals surface area contributed by atoms with Gasteiger partial charge in [-0.05, 0) is 92.1 Å². The summed E-state index contributed by atoms with van der Waals surface area (Å²) in [5.74, 6) is 4.23. The van der Waals surface area contributed by atoms with E-state index in [2.05, 4.69) is 33.0 Å². The molecule has 0 radical (unpaired) electrons. The monoisotopic (exact) mass is 381 g/mol. The Balaban J connectivity index is 1.56. The van der Waals surface area contributed by atoms with E-state index >= 15 is 0 Å². The van der Waals surface area contributed by atoms with Gasteiger partial charge in [-0.25, -0.2) is 0 Å². The number of amides is 1. The smallest absolute Gasteiger partial charge is 0.230 e. The lowest BCUT2D eigenvalue weighted by Gasteiger charge is -2.61. The highest BCUT2D eigenvalue weighted by molar-refractivity contribution is 5.95. The molecule has 1 aromatic carbocycles. The summed E-state index contributed by atoms with van der Waals surface area (Å²) in [5.41, 5.74) is 1.04. The zero-order valence-electron chi connectivity index (χ0n) is 18.3. The third kappa shape index (κ3) is 3.31. The second-order valence-corrected chi connectivity index (χ2v) is 10.9. The number of hydrogen-bond donors (Lipinski definition) is 1. The molecule has 1 N–H and O–H groups in total. The van der Waals surface area contributed by atoms with Crippen LogP contribution in [0.15, 0.2) is 30.3 Å². The number of benzene rings is 1. The van der Waals surface area contributed by atoms with E-state index in [0.29, 0.717) is 11.3 Å². The van der Waals surface area contributed by atoms with Gasteiger partial charge < -0.3 is 5.32 Å². The van der Waals surface area contributed by atoms with E-state index in [4.69, 9.17) is 0 Å². The average Bonchev–Trinajstić information content (AvgIpc) is 2.68. The van der Waals surface area contributed by atoms with Gasteiger partial charge in [-0.15, -0.1) is 0 Å². The summed E-state index contributed by atoms with van der Waals surface area (Å²) in [6.45, 7) is 9.64. The Kier molecular flexibility index (Phi) is 5.35. The summed E-state index contributed by atoms with van der Waals surface area (Å²) >= 11 is 0. The second-order valence-electron chi connectivity index (χ2n) is 10.9. The Morgan fingerprint density at radius 1 is 1.04 bits per heavy atom. The molecule has 0 heterocycles. The van der Waals surface area contributed by atoms with Crippen LogP contribution < -0.4 is 5.32 Å². The molecule has 2 heteroatoms. The molecule has 3 unspecified atom stereocenters. The van der Waals surface area contributed by atoms with Crippen LogP contribution in [-0.2, 0) is 4.79 Å². The Hall–Kier alpha value is -1.31. The molecule has 154 valence electrons. The van der Waals surface area contributed by atoms with E-state index in [9.17, 15) is 4.79 Å². The van der Waals surface area contributed by atoms with Crippen molar-refractivity contribution >= 4 is 11.6 Å². The Morgan fingerprint density at radius 3 is 2.50 bits per heavy atom. The van der Waals surface area contributed by atoms with Crippen LogP contribution >= 0.6 is 0 Å².